The molecule has 1 N–H and O–H groups in total. The number of nitrogens with one attached hydrogen (secondary N) is 1. The maximum Gasteiger partial charge on any atom is 0.257 e. The molecule has 0 aliphatic carbocycles. The van der Waals surface area contributed by atoms with Gasteiger partial charge in [0.15, 0.2) is 0 Å². The molecule has 248 valence electrons. The standard InChI is InChI=1S/C40H78N2/c1-5-8-10-12-14-16-18-19-20-21-22-23-25-27-29-31-33-35-39(7-3)40-41-36-37-42(40)38(4)34-32-30-28-26-24-17-15-13-11-9-6-2/h36-39H,5-35H2,1-4H3/p+1. The van der Waals surface area contributed by atoms with Crippen LogP contribution in [0.5, 0.6) is 0 Å². The summed E-state index contributed by atoms with van der Waals surface area (Å²) >= 11 is 0. The largest absolute Gasteiger partial charge is 0.257 e. The maximum absolute atomic E-state index is 3.65. The minimum atomic E-state index is 0.620. The van der Waals surface area contributed by atoms with Gasteiger partial charge in [0, 0.05) is 0 Å². The summed E-state index contributed by atoms with van der Waals surface area (Å²) in [4.78, 5) is 3.65. The predicted octanol–water partition coefficient (Wildman–Crippen LogP) is 14.1. The Kier molecular flexibility index (Phi) is 28.3. The van der Waals surface area contributed by atoms with Gasteiger partial charge in [0.1, 0.15) is 12.4 Å². The highest BCUT2D eigenvalue weighted by atomic mass is 15.1. The molecule has 1 rings (SSSR count). The molecular formula is C40H79N2+. The van der Waals surface area contributed by atoms with Crippen molar-refractivity contribution >= 4 is 0 Å². The summed E-state index contributed by atoms with van der Waals surface area (Å²) in [6.45, 7) is 9.44. The van der Waals surface area contributed by atoms with E-state index in [1.165, 1.54) is 205 Å². The van der Waals surface area contributed by atoms with E-state index < -0.39 is 0 Å². The van der Waals surface area contributed by atoms with E-state index in [1.807, 2.05) is 0 Å². The lowest BCUT2D eigenvalue weighted by Crippen LogP contribution is -2.41. The van der Waals surface area contributed by atoms with Gasteiger partial charge in [-0.2, -0.15) is 0 Å². The van der Waals surface area contributed by atoms with Gasteiger partial charge in [-0.05, 0) is 32.6 Å². The van der Waals surface area contributed by atoms with E-state index in [1.54, 1.807) is 0 Å². The number of aromatic nitrogens is 2. The van der Waals surface area contributed by atoms with Crippen molar-refractivity contribution < 1.29 is 4.57 Å². The maximum atomic E-state index is 3.65. The first kappa shape index (κ1) is 39.2. The van der Waals surface area contributed by atoms with Crippen molar-refractivity contribution in [2.24, 2.45) is 0 Å². The molecule has 0 aliphatic rings. The molecule has 0 radical (unpaired) electrons. The highest BCUT2D eigenvalue weighted by Gasteiger charge is 2.24. The third-order valence-electron chi connectivity index (χ3n) is 9.98. The molecule has 1 aromatic rings. The van der Waals surface area contributed by atoms with E-state index in [9.17, 15) is 0 Å². The van der Waals surface area contributed by atoms with Crippen molar-refractivity contribution in [2.75, 3.05) is 0 Å². The second kappa shape index (κ2) is 30.2. The van der Waals surface area contributed by atoms with Crippen molar-refractivity contribution in [1.82, 2.24) is 4.98 Å². The molecule has 0 bridgehead atoms. The summed E-state index contributed by atoms with van der Waals surface area (Å²) in [6, 6.07) is 0.620. The lowest BCUT2D eigenvalue weighted by atomic mass is 9.96. The van der Waals surface area contributed by atoms with Gasteiger partial charge >= 0.3 is 0 Å². The Balaban J connectivity index is 2.03. The molecule has 0 fully saturated rings. The Hall–Kier alpha value is -0.790. The SMILES string of the molecule is CCCCCCCCCCCCCCCCCCCC(CC)c1[nH]cc[n+]1C(C)CCCCCCCCCCCCC. The van der Waals surface area contributed by atoms with E-state index in [2.05, 4.69) is 49.6 Å². The van der Waals surface area contributed by atoms with Crippen LogP contribution in [0.3, 0.4) is 0 Å². The van der Waals surface area contributed by atoms with Gasteiger partial charge in [-0.15, -0.1) is 0 Å². The van der Waals surface area contributed by atoms with E-state index in [0.717, 1.165) is 0 Å². The number of unbranched alkanes of at least 4 members (excludes halogenated alkanes) is 26. The van der Waals surface area contributed by atoms with Crippen molar-refractivity contribution in [3.63, 3.8) is 0 Å². The van der Waals surface area contributed by atoms with Gasteiger partial charge < -0.3 is 0 Å². The van der Waals surface area contributed by atoms with E-state index >= 15 is 0 Å². The first-order valence-corrected chi connectivity index (χ1v) is 19.8. The molecule has 0 amide bonds. The van der Waals surface area contributed by atoms with Crippen LogP contribution in [0.15, 0.2) is 12.4 Å². The molecule has 0 saturated carbocycles. The van der Waals surface area contributed by atoms with E-state index in [4.69, 9.17) is 0 Å². The molecule has 2 heteroatoms. The number of nitrogens with zero attached hydrogens (tertiary/aromatic N) is 1. The van der Waals surface area contributed by atoms with Gasteiger partial charge in [0.05, 0.1) is 12.0 Å². The van der Waals surface area contributed by atoms with Crippen LogP contribution in [0, 0.1) is 0 Å². The number of imidazole rings is 1. The van der Waals surface area contributed by atoms with Crippen LogP contribution >= 0.6 is 0 Å². The Bertz CT molecular complexity index is 650. The van der Waals surface area contributed by atoms with Gasteiger partial charge in [0.2, 0.25) is 0 Å². The molecule has 0 spiro atoms. The number of H-pyrrole nitrogens is 1. The quantitative estimate of drug-likeness (QED) is 0.0623. The molecule has 0 saturated heterocycles. The zero-order chi connectivity index (χ0) is 30.4. The Labute approximate surface area is 266 Å². The molecule has 0 aliphatic heterocycles. The Morgan fingerprint density at radius 3 is 1.17 bits per heavy atom. The zero-order valence-corrected chi connectivity index (χ0v) is 29.7. The summed E-state index contributed by atoms with van der Waals surface area (Å²) in [5.74, 6) is 2.18. The first-order valence-electron chi connectivity index (χ1n) is 19.8. The fraction of sp³-hybridized carbons (Fsp3) is 0.925. The smallest absolute Gasteiger partial charge is 0.247 e. The molecule has 2 unspecified atom stereocenters. The summed E-state index contributed by atoms with van der Waals surface area (Å²) in [6.07, 6.45) is 48.9. The van der Waals surface area contributed by atoms with E-state index in [0.29, 0.717) is 12.0 Å². The lowest BCUT2D eigenvalue weighted by Gasteiger charge is -2.16. The van der Waals surface area contributed by atoms with Gasteiger partial charge in [-0.3, -0.25) is 0 Å². The van der Waals surface area contributed by atoms with Crippen molar-refractivity contribution in [3.05, 3.63) is 18.2 Å². The van der Waals surface area contributed by atoms with Crippen LogP contribution < -0.4 is 4.57 Å². The zero-order valence-electron chi connectivity index (χ0n) is 29.7. The fourth-order valence-electron chi connectivity index (χ4n) is 6.96. The third-order valence-corrected chi connectivity index (χ3v) is 9.98. The second-order valence-electron chi connectivity index (χ2n) is 14.0. The fourth-order valence-corrected chi connectivity index (χ4v) is 6.96. The lowest BCUT2D eigenvalue weighted by molar-refractivity contribution is -0.727. The minimum absolute atomic E-state index is 0.620. The highest BCUT2D eigenvalue weighted by Crippen LogP contribution is 2.24. The average Bonchev–Trinajstić information content (AvgIpc) is 3.49. The number of rotatable bonds is 33. The van der Waals surface area contributed by atoms with Crippen LogP contribution in [-0.4, -0.2) is 4.98 Å². The summed E-state index contributed by atoms with van der Waals surface area (Å²) in [7, 11) is 0. The minimum Gasteiger partial charge on any atom is -0.247 e. The van der Waals surface area contributed by atoms with E-state index in [-0.39, 0.29) is 0 Å². The Morgan fingerprint density at radius 2 is 0.810 bits per heavy atom. The topological polar surface area (TPSA) is 19.7 Å². The second-order valence-corrected chi connectivity index (χ2v) is 14.0. The molecule has 2 atom stereocenters. The van der Waals surface area contributed by atoms with Crippen LogP contribution in [0.25, 0.3) is 0 Å². The summed E-state index contributed by atoms with van der Waals surface area (Å²) in [5.41, 5.74) is 0. The van der Waals surface area contributed by atoms with Gasteiger partial charge in [0.25, 0.3) is 5.82 Å². The molecule has 2 nitrogen and oxygen atoms in total. The van der Waals surface area contributed by atoms with Crippen LogP contribution in [0.1, 0.15) is 245 Å². The normalized spacial score (nSPS) is 13.1. The van der Waals surface area contributed by atoms with Crippen molar-refractivity contribution in [1.29, 1.82) is 0 Å². The van der Waals surface area contributed by atoms with Crippen LogP contribution in [0.2, 0.25) is 0 Å². The third kappa shape index (κ3) is 21.8. The Morgan fingerprint density at radius 1 is 0.476 bits per heavy atom. The molecule has 1 aromatic heterocycles. The van der Waals surface area contributed by atoms with Crippen LogP contribution in [0.4, 0.5) is 0 Å². The molecule has 0 aromatic carbocycles. The average molecular weight is 588 g/mol. The monoisotopic (exact) mass is 588 g/mol. The molecular weight excluding hydrogens is 508 g/mol. The predicted molar refractivity (Wildman–Crippen MR) is 189 cm³/mol. The summed E-state index contributed by atoms with van der Waals surface area (Å²) in [5, 5.41) is 0. The molecule has 42 heavy (non-hydrogen) atoms. The first-order chi connectivity index (χ1) is 20.7. The molecule has 1 heterocycles. The number of aromatic amines is 1. The van der Waals surface area contributed by atoms with Gasteiger partial charge in [-0.25, -0.2) is 9.55 Å². The van der Waals surface area contributed by atoms with Gasteiger partial charge in [-0.1, -0.05) is 194 Å². The summed E-state index contributed by atoms with van der Waals surface area (Å²) < 4.78 is 2.58. The van der Waals surface area contributed by atoms with Crippen LogP contribution in [-0.2, 0) is 0 Å². The van der Waals surface area contributed by atoms with Crippen molar-refractivity contribution in [3.8, 4) is 0 Å². The highest BCUT2D eigenvalue weighted by molar-refractivity contribution is 4.89. The number of hydrogen-bond donors (Lipinski definition) is 1. The number of hydrogen-bond acceptors (Lipinski definition) is 0. The van der Waals surface area contributed by atoms with Crippen molar-refractivity contribution in [2.45, 2.75) is 239 Å².